The molecule has 0 N–H and O–H groups in total. The second-order valence-corrected chi connectivity index (χ2v) is 8.08. The molecule has 0 bridgehead atoms. The van der Waals surface area contributed by atoms with Crippen LogP contribution in [0.2, 0.25) is 0 Å². The third-order valence-corrected chi connectivity index (χ3v) is 5.64. The lowest BCUT2D eigenvalue weighted by molar-refractivity contribution is -0.127. The van der Waals surface area contributed by atoms with Crippen LogP contribution in [-0.4, -0.2) is 71.9 Å². The van der Waals surface area contributed by atoms with Gasteiger partial charge in [0.25, 0.3) is 5.91 Å². The molecule has 4 rings (SSSR count). The van der Waals surface area contributed by atoms with Crippen molar-refractivity contribution in [2.75, 3.05) is 45.2 Å². The fourth-order valence-corrected chi connectivity index (χ4v) is 3.69. The highest BCUT2D eigenvalue weighted by atomic mass is 16.2. The Morgan fingerprint density at radius 2 is 1.55 bits per heavy atom. The molecule has 2 amide bonds. The molecule has 1 aliphatic rings. The quantitative estimate of drug-likeness (QED) is 0.569. The average Bonchev–Trinajstić information content (AvgIpc) is 2.87. The molecule has 1 aliphatic heterocycles. The number of hydrogen-bond acceptors (Lipinski definition) is 5. The molecule has 0 aliphatic carbocycles. The standard InChI is InChI=1S/C26H27N5O2/c1-29(2)22-9-6-20(7-10-22)8-11-25(32)30-15-17-31(18-16-30)26(33)21-12-14-28-24(19-21)23-5-3-4-13-27-23/h3-14,19H,15-18H2,1-2H3/b11-8+. The maximum Gasteiger partial charge on any atom is 0.254 e. The van der Waals surface area contributed by atoms with Crippen molar-refractivity contribution in [3.05, 3.63) is 84.2 Å². The van der Waals surface area contributed by atoms with Gasteiger partial charge in [-0.05, 0) is 48.0 Å². The molecule has 2 aromatic heterocycles. The van der Waals surface area contributed by atoms with Crippen LogP contribution in [0.15, 0.2) is 73.1 Å². The van der Waals surface area contributed by atoms with Gasteiger partial charge in [-0.15, -0.1) is 0 Å². The maximum atomic E-state index is 13.0. The molecule has 7 heteroatoms. The third-order valence-electron chi connectivity index (χ3n) is 5.64. The number of pyridine rings is 2. The number of piperazine rings is 1. The van der Waals surface area contributed by atoms with Crippen LogP contribution in [-0.2, 0) is 4.79 Å². The third kappa shape index (κ3) is 5.44. The molecule has 0 atom stereocenters. The number of benzene rings is 1. The highest BCUT2D eigenvalue weighted by Gasteiger charge is 2.24. The maximum absolute atomic E-state index is 13.0. The smallest absolute Gasteiger partial charge is 0.254 e. The first-order valence-corrected chi connectivity index (χ1v) is 10.9. The number of hydrogen-bond donors (Lipinski definition) is 0. The lowest BCUT2D eigenvalue weighted by Crippen LogP contribution is -2.50. The van der Waals surface area contributed by atoms with Gasteiger partial charge < -0.3 is 14.7 Å². The first-order chi connectivity index (χ1) is 16.0. The summed E-state index contributed by atoms with van der Waals surface area (Å²) in [6, 6.07) is 17.1. The number of nitrogens with zero attached hydrogens (tertiary/aromatic N) is 5. The lowest BCUT2D eigenvalue weighted by atomic mass is 10.1. The van der Waals surface area contributed by atoms with Crippen LogP contribution in [0.3, 0.4) is 0 Å². The Morgan fingerprint density at radius 3 is 2.21 bits per heavy atom. The number of rotatable bonds is 5. The molecule has 1 aromatic carbocycles. The van der Waals surface area contributed by atoms with E-state index in [2.05, 4.69) is 9.97 Å². The largest absolute Gasteiger partial charge is 0.378 e. The Hall–Kier alpha value is -4.00. The van der Waals surface area contributed by atoms with E-state index in [0.717, 1.165) is 16.9 Å². The van der Waals surface area contributed by atoms with Gasteiger partial charge in [-0.3, -0.25) is 19.6 Å². The number of amides is 2. The molecule has 168 valence electrons. The molecule has 0 radical (unpaired) electrons. The van der Waals surface area contributed by atoms with E-state index in [0.29, 0.717) is 37.4 Å². The van der Waals surface area contributed by atoms with Crippen LogP contribution in [0.1, 0.15) is 15.9 Å². The zero-order valence-corrected chi connectivity index (χ0v) is 18.9. The second-order valence-electron chi connectivity index (χ2n) is 8.08. The Morgan fingerprint density at radius 1 is 0.848 bits per heavy atom. The molecular formula is C26H27N5O2. The summed E-state index contributed by atoms with van der Waals surface area (Å²) in [4.78, 5) is 39.8. The highest BCUT2D eigenvalue weighted by Crippen LogP contribution is 2.17. The SMILES string of the molecule is CN(C)c1ccc(/C=C/C(=O)N2CCN(C(=O)c3ccnc(-c4ccccn4)c3)CC2)cc1. The van der Waals surface area contributed by atoms with Gasteiger partial charge in [0.05, 0.1) is 11.4 Å². The first-order valence-electron chi connectivity index (χ1n) is 10.9. The summed E-state index contributed by atoms with van der Waals surface area (Å²) in [5.41, 5.74) is 4.06. The highest BCUT2D eigenvalue weighted by molar-refractivity contribution is 5.95. The van der Waals surface area contributed by atoms with Gasteiger partial charge in [0, 0.05) is 70.0 Å². The molecule has 33 heavy (non-hydrogen) atoms. The van der Waals surface area contributed by atoms with Crippen LogP contribution >= 0.6 is 0 Å². The van der Waals surface area contributed by atoms with Gasteiger partial charge in [-0.2, -0.15) is 0 Å². The van der Waals surface area contributed by atoms with Crippen molar-refractivity contribution < 1.29 is 9.59 Å². The van der Waals surface area contributed by atoms with Crippen molar-refractivity contribution in [2.45, 2.75) is 0 Å². The monoisotopic (exact) mass is 441 g/mol. The lowest BCUT2D eigenvalue weighted by Gasteiger charge is -2.34. The molecule has 3 heterocycles. The van der Waals surface area contributed by atoms with Crippen LogP contribution in [0.5, 0.6) is 0 Å². The number of carbonyl (C=O) groups excluding carboxylic acids is 2. The molecule has 1 fully saturated rings. The van der Waals surface area contributed by atoms with Crippen molar-refractivity contribution in [3.8, 4) is 11.4 Å². The topological polar surface area (TPSA) is 69.6 Å². The van der Waals surface area contributed by atoms with Crippen LogP contribution in [0, 0.1) is 0 Å². The number of anilines is 1. The average molecular weight is 442 g/mol. The van der Waals surface area contributed by atoms with Gasteiger partial charge in [-0.25, -0.2) is 0 Å². The van der Waals surface area contributed by atoms with Crippen molar-refractivity contribution >= 4 is 23.6 Å². The summed E-state index contributed by atoms with van der Waals surface area (Å²) in [5.74, 6) is -0.0988. The summed E-state index contributed by atoms with van der Waals surface area (Å²) in [7, 11) is 3.99. The molecule has 3 aromatic rings. The zero-order valence-electron chi connectivity index (χ0n) is 18.9. The van der Waals surface area contributed by atoms with Gasteiger partial charge in [-0.1, -0.05) is 18.2 Å². The predicted molar refractivity (Wildman–Crippen MR) is 130 cm³/mol. The summed E-state index contributed by atoms with van der Waals surface area (Å²) < 4.78 is 0. The van der Waals surface area contributed by atoms with Crippen LogP contribution in [0.25, 0.3) is 17.5 Å². The van der Waals surface area contributed by atoms with Crippen LogP contribution < -0.4 is 4.90 Å². The van der Waals surface area contributed by atoms with E-state index < -0.39 is 0 Å². The fraction of sp³-hybridized carbons (Fsp3) is 0.231. The summed E-state index contributed by atoms with van der Waals surface area (Å²) in [5, 5.41) is 0. The van der Waals surface area contributed by atoms with Gasteiger partial charge >= 0.3 is 0 Å². The Labute approximate surface area is 194 Å². The van der Waals surface area contributed by atoms with E-state index in [1.165, 1.54) is 0 Å². The zero-order chi connectivity index (χ0) is 23.2. The van der Waals surface area contributed by atoms with Crippen molar-refractivity contribution in [3.63, 3.8) is 0 Å². The van der Waals surface area contributed by atoms with Gasteiger partial charge in [0.15, 0.2) is 0 Å². The second kappa shape index (κ2) is 10.1. The van der Waals surface area contributed by atoms with Gasteiger partial charge in [0.1, 0.15) is 0 Å². The number of carbonyl (C=O) groups is 2. The fourth-order valence-electron chi connectivity index (χ4n) is 3.69. The van der Waals surface area contributed by atoms with Crippen molar-refractivity contribution in [1.82, 2.24) is 19.8 Å². The molecular weight excluding hydrogens is 414 g/mol. The van der Waals surface area contributed by atoms with E-state index in [1.54, 1.807) is 40.4 Å². The van der Waals surface area contributed by atoms with E-state index in [9.17, 15) is 9.59 Å². The minimum absolute atomic E-state index is 0.0415. The minimum Gasteiger partial charge on any atom is -0.378 e. The molecule has 7 nitrogen and oxygen atoms in total. The van der Waals surface area contributed by atoms with E-state index in [4.69, 9.17) is 0 Å². The summed E-state index contributed by atoms with van der Waals surface area (Å²) >= 11 is 0. The normalized spacial score (nSPS) is 13.9. The molecule has 0 saturated carbocycles. The Bertz CT molecular complexity index is 1130. The Kier molecular flexibility index (Phi) is 6.78. The Balaban J connectivity index is 1.34. The minimum atomic E-state index is -0.0572. The first kappa shape index (κ1) is 22.2. The van der Waals surface area contributed by atoms with E-state index in [1.807, 2.05) is 67.5 Å². The molecule has 1 saturated heterocycles. The predicted octanol–water partition coefficient (Wildman–Crippen LogP) is 3.21. The van der Waals surface area contributed by atoms with Crippen molar-refractivity contribution in [2.24, 2.45) is 0 Å². The summed E-state index contributed by atoms with van der Waals surface area (Å²) in [6.45, 7) is 2.01. The molecule has 0 spiro atoms. The van der Waals surface area contributed by atoms with Crippen LogP contribution in [0.4, 0.5) is 5.69 Å². The number of aromatic nitrogens is 2. The van der Waals surface area contributed by atoms with Gasteiger partial charge in [0.2, 0.25) is 5.91 Å². The summed E-state index contributed by atoms with van der Waals surface area (Å²) in [6.07, 6.45) is 6.77. The molecule has 0 unspecified atom stereocenters. The van der Waals surface area contributed by atoms with E-state index in [-0.39, 0.29) is 11.8 Å². The van der Waals surface area contributed by atoms with Crippen molar-refractivity contribution in [1.29, 1.82) is 0 Å². The van der Waals surface area contributed by atoms with E-state index >= 15 is 0 Å².